The summed E-state index contributed by atoms with van der Waals surface area (Å²) < 4.78 is 18.1. The van der Waals surface area contributed by atoms with E-state index >= 15 is 0 Å². The molecule has 182 valence electrons. The van der Waals surface area contributed by atoms with Gasteiger partial charge in [0.1, 0.15) is 18.1 Å². The zero-order valence-electron chi connectivity index (χ0n) is 19.8. The van der Waals surface area contributed by atoms with Gasteiger partial charge in [-0.3, -0.25) is 0 Å². The minimum Gasteiger partial charge on any atom is -0.492 e. The van der Waals surface area contributed by atoms with Crippen LogP contribution in [0.1, 0.15) is 31.9 Å². The van der Waals surface area contributed by atoms with Gasteiger partial charge in [-0.15, -0.1) is 23.7 Å². The van der Waals surface area contributed by atoms with Crippen molar-refractivity contribution in [3.63, 3.8) is 0 Å². The van der Waals surface area contributed by atoms with E-state index in [0.717, 1.165) is 74.0 Å². The monoisotopic (exact) mass is 500 g/mol. The summed E-state index contributed by atoms with van der Waals surface area (Å²) in [6.07, 6.45) is 6.64. The fourth-order valence-corrected chi connectivity index (χ4v) is 5.33. The number of halogens is 1. The van der Waals surface area contributed by atoms with Gasteiger partial charge in [-0.05, 0) is 68.4 Å². The van der Waals surface area contributed by atoms with Crippen LogP contribution in [0.3, 0.4) is 0 Å². The van der Waals surface area contributed by atoms with Crippen LogP contribution in [0.2, 0.25) is 0 Å². The Labute approximate surface area is 211 Å². The molecule has 34 heavy (non-hydrogen) atoms. The highest BCUT2D eigenvalue weighted by molar-refractivity contribution is 7.17. The lowest BCUT2D eigenvalue weighted by molar-refractivity contribution is 0.186. The lowest BCUT2D eigenvalue weighted by Gasteiger charge is -2.17. The number of aromatic nitrogens is 3. The predicted octanol–water partition coefficient (Wildman–Crippen LogP) is 5.69. The standard InChI is InChI=1S/C26H32N4O2S.ClH/c1-3-19-18-30(26(28-19)24-17-25-23(29(24)2)10-15-33-25)13-14-31-21-6-4-7-22(16-21)32-20-8-5-11-27-12-9-20;/h4,6-7,10,15-18,20,27H,3,5,8-9,11-14H2,1-2H3;1H. The molecule has 1 saturated heterocycles. The Morgan fingerprint density at radius 3 is 2.88 bits per heavy atom. The first-order valence-corrected chi connectivity index (χ1v) is 12.8. The van der Waals surface area contributed by atoms with Crippen LogP contribution in [0.15, 0.2) is 48.0 Å². The van der Waals surface area contributed by atoms with Crippen molar-refractivity contribution >= 4 is 34.0 Å². The molecule has 4 aromatic rings. The molecule has 1 atom stereocenters. The van der Waals surface area contributed by atoms with Crippen molar-refractivity contribution in [2.75, 3.05) is 19.7 Å². The lowest BCUT2D eigenvalue weighted by Crippen LogP contribution is -2.19. The van der Waals surface area contributed by atoms with Crippen molar-refractivity contribution in [3.05, 3.63) is 53.7 Å². The highest BCUT2D eigenvalue weighted by Gasteiger charge is 2.16. The van der Waals surface area contributed by atoms with Gasteiger partial charge in [-0.25, -0.2) is 4.98 Å². The Morgan fingerprint density at radius 2 is 2.03 bits per heavy atom. The zero-order chi connectivity index (χ0) is 22.6. The summed E-state index contributed by atoms with van der Waals surface area (Å²) in [5.41, 5.74) is 3.49. The first kappa shape index (κ1) is 24.6. The highest BCUT2D eigenvalue weighted by Crippen LogP contribution is 2.30. The number of ether oxygens (including phenoxy) is 2. The molecule has 1 aliphatic heterocycles. The lowest BCUT2D eigenvalue weighted by atomic mass is 10.1. The van der Waals surface area contributed by atoms with Crippen LogP contribution in [-0.4, -0.2) is 39.9 Å². The number of hydrogen-bond acceptors (Lipinski definition) is 5. The third kappa shape index (κ3) is 5.43. The second kappa shape index (κ2) is 11.3. The van der Waals surface area contributed by atoms with E-state index in [2.05, 4.69) is 52.1 Å². The number of hydrogen-bond donors (Lipinski definition) is 1. The van der Waals surface area contributed by atoms with E-state index in [0.29, 0.717) is 6.61 Å². The molecule has 0 radical (unpaired) electrons. The molecule has 3 aromatic heterocycles. The molecular formula is C26H33ClN4O2S. The predicted molar refractivity (Wildman–Crippen MR) is 142 cm³/mol. The molecular weight excluding hydrogens is 468 g/mol. The normalized spacial score (nSPS) is 16.2. The van der Waals surface area contributed by atoms with Gasteiger partial charge < -0.3 is 23.9 Å². The number of benzene rings is 1. The zero-order valence-corrected chi connectivity index (χ0v) is 21.5. The largest absolute Gasteiger partial charge is 0.492 e. The van der Waals surface area contributed by atoms with Gasteiger partial charge in [0.2, 0.25) is 0 Å². The molecule has 1 fully saturated rings. The molecule has 0 saturated carbocycles. The third-order valence-electron chi connectivity index (χ3n) is 6.31. The summed E-state index contributed by atoms with van der Waals surface area (Å²) in [5.74, 6) is 2.73. The van der Waals surface area contributed by atoms with Crippen molar-refractivity contribution in [3.8, 4) is 23.0 Å². The number of rotatable bonds is 8. The molecule has 1 N–H and O–H groups in total. The van der Waals surface area contributed by atoms with E-state index in [-0.39, 0.29) is 18.5 Å². The van der Waals surface area contributed by atoms with Crippen molar-refractivity contribution in [1.29, 1.82) is 0 Å². The van der Waals surface area contributed by atoms with Gasteiger partial charge in [0.25, 0.3) is 0 Å². The van der Waals surface area contributed by atoms with Crippen LogP contribution >= 0.6 is 23.7 Å². The van der Waals surface area contributed by atoms with E-state index in [1.165, 1.54) is 10.2 Å². The molecule has 4 heterocycles. The van der Waals surface area contributed by atoms with E-state index < -0.39 is 0 Å². The number of imidazole rings is 1. The number of thiophene rings is 1. The Hall–Kier alpha value is -2.48. The summed E-state index contributed by atoms with van der Waals surface area (Å²) in [7, 11) is 2.11. The molecule has 0 bridgehead atoms. The summed E-state index contributed by atoms with van der Waals surface area (Å²) in [6.45, 7) is 5.56. The van der Waals surface area contributed by atoms with Crippen LogP contribution in [0.25, 0.3) is 21.7 Å². The fourth-order valence-electron chi connectivity index (χ4n) is 4.48. The minimum atomic E-state index is 0. The summed E-state index contributed by atoms with van der Waals surface area (Å²) in [5, 5.41) is 5.57. The number of nitrogens with zero attached hydrogens (tertiary/aromatic N) is 3. The Balaban J connectivity index is 0.00000274. The molecule has 0 amide bonds. The second-order valence-electron chi connectivity index (χ2n) is 8.61. The van der Waals surface area contributed by atoms with Gasteiger partial charge in [0, 0.05) is 19.3 Å². The molecule has 1 unspecified atom stereocenters. The van der Waals surface area contributed by atoms with Crippen molar-refractivity contribution in [2.24, 2.45) is 7.05 Å². The molecule has 1 aromatic carbocycles. The Bertz CT molecular complexity index is 1210. The van der Waals surface area contributed by atoms with Crippen LogP contribution in [-0.2, 0) is 20.0 Å². The van der Waals surface area contributed by atoms with Crippen molar-refractivity contribution < 1.29 is 9.47 Å². The summed E-state index contributed by atoms with van der Waals surface area (Å²) in [4.78, 5) is 4.91. The SMILES string of the molecule is CCc1cn(CCOc2cccc(OC3CCCNCC3)c2)c(-c2cc3sccc3n2C)n1.Cl. The third-order valence-corrected chi connectivity index (χ3v) is 7.17. The molecule has 1 aliphatic rings. The fraction of sp³-hybridized carbons (Fsp3) is 0.423. The quantitative estimate of drug-likeness (QED) is 0.338. The van der Waals surface area contributed by atoms with Crippen LogP contribution in [0.4, 0.5) is 0 Å². The average molecular weight is 501 g/mol. The first-order valence-electron chi connectivity index (χ1n) is 11.9. The topological polar surface area (TPSA) is 53.2 Å². The number of aryl methyl sites for hydroxylation is 2. The van der Waals surface area contributed by atoms with E-state index in [1.807, 2.05) is 24.3 Å². The van der Waals surface area contributed by atoms with E-state index in [4.69, 9.17) is 14.5 Å². The van der Waals surface area contributed by atoms with Crippen molar-refractivity contribution in [1.82, 2.24) is 19.4 Å². The maximum Gasteiger partial charge on any atom is 0.157 e. The van der Waals surface area contributed by atoms with Gasteiger partial charge in [-0.1, -0.05) is 13.0 Å². The van der Waals surface area contributed by atoms with Crippen LogP contribution in [0.5, 0.6) is 11.5 Å². The minimum absolute atomic E-state index is 0. The van der Waals surface area contributed by atoms with E-state index in [1.54, 1.807) is 11.3 Å². The van der Waals surface area contributed by atoms with Crippen molar-refractivity contribution in [2.45, 2.75) is 45.3 Å². The molecule has 5 rings (SSSR count). The summed E-state index contributed by atoms with van der Waals surface area (Å²) >= 11 is 1.77. The number of nitrogens with one attached hydrogen (secondary N) is 1. The van der Waals surface area contributed by atoms with E-state index in [9.17, 15) is 0 Å². The maximum absolute atomic E-state index is 6.23. The smallest absolute Gasteiger partial charge is 0.157 e. The maximum atomic E-state index is 6.23. The van der Waals surface area contributed by atoms with Gasteiger partial charge in [0.15, 0.2) is 5.82 Å². The number of fused-ring (bicyclic) bond motifs is 1. The van der Waals surface area contributed by atoms with Gasteiger partial charge >= 0.3 is 0 Å². The molecule has 0 spiro atoms. The highest BCUT2D eigenvalue weighted by atomic mass is 35.5. The van der Waals surface area contributed by atoms with Gasteiger partial charge in [0.05, 0.1) is 34.3 Å². The van der Waals surface area contributed by atoms with Crippen LogP contribution in [0, 0.1) is 0 Å². The first-order chi connectivity index (χ1) is 16.2. The van der Waals surface area contributed by atoms with Crippen LogP contribution < -0.4 is 14.8 Å². The molecule has 0 aliphatic carbocycles. The molecule has 6 nitrogen and oxygen atoms in total. The second-order valence-corrected chi connectivity index (χ2v) is 9.55. The summed E-state index contributed by atoms with van der Waals surface area (Å²) in [6, 6.07) is 12.4. The van der Waals surface area contributed by atoms with Gasteiger partial charge in [-0.2, -0.15) is 0 Å². The average Bonchev–Trinajstić information content (AvgIpc) is 3.46. The Morgan fingerprint density at radius 1 is 1.15 bits per heavy atom. The Kier molecular flexibility index (Phi) is 8.19. The molecule has 8 heteroatoms.